The molecule has 2 N–H and O–H groups in total. The third kappa shape index (κ3) is 4.95. The van der Waals surface area contributed by atoms with Gasteiger partial charge in [0.25, 0.3) is 0 Å². The quantitative estimate of drug-likeness (QED) is 0.202. The smallest absolute Gasteiger partial charge is 0.346 e. The molecule has 2 atom stereocenters. The molecule has 266 valence electrons. The summed E-state index contributed by atoms with van der Waals surface area (Å²) >= 11 is 7.87. The number of nitrogen functional groups attached to an aromatic ring is 1. The van der Waals surface area contributed by atoms with E-state index >= 15 is 4.39 Å². The fourth-order valence-corrected chi connectivity index (χ4v) is 10.1. The Morgan fingerprint density at radius 3 is 2.79 bits per heavy atom. The third-order valence-electron chi connectivity index (χ3n) is 11.3. The summed E-state index contributed by atoms with van der Waals surface area (Å²) in [6.45, 7) is 7.91. The van der Waals surface area contributed by atoms with Crippen LogP contribution >= 0.6 is 22.9 Å². The van der Waals surface area contributed by atoms with Gasteiger partial charge in [0.05, 0.1) is 38.8 Å². The predicted octanol–water partition coefficient (Wildman–Crippen LogP) is 6.37. The summed E-state index contributed by atoms with van der Waals surface area (Å²) in [4.78, 5) is 29.3. The number of carbonyl (C=O) groups excluding carboxylic acids is 1. The number of benzene rings is 2. The Labute approximate surface area is 306 Å². The molecule has 0 aliphatic carbocycles. The molecule has 3 aromatic heterocycles. The Morgan fingerprint density at radius 1 is 1.17 bits per heavy atom. The number of nitrogens with two attached hydrogens (primary N) is 1. The summed E-state index contributed by atoms with van der Waals surface area (Å²) in [5.74, 6) is -0.897. The lowest BCUT2D eigenvalue weighted by Gasteiger charge is -2.56. The third-order valence-corrected chi connectivity index (χ3v) is 12.6. The van der Waals surface area contributed by atoms with E-state index in [9.17, 15) is 14.4 Å². The maximum absolute atomic E-state index is 17.2. The molecular weight excluding hydrogens is 710 g/mol. The van der Waals surface area contributed by atoms with Gasteiger partial charge >= 0.3 is 12.0 Å². The summed E-state index contributed by atoms with van der Waals surface area (Å²) in [7, 11) is 0. The Hall–Kier alpha value is -4.91. The zero-order chi connectivity index (χ0) is 35.9. The normalized spacial score (nSPS) is 23.1. The van der Waals surface area contributed by atoms with Crippen molar-refractivity contribution in [1.29, 1.82) is 5.26 Å². The van der Waals surface area contributed by atoms with E-state index in [1.54, 1.807) is 6.07 Å². The number of ether oxygens (including phenoxy) is 1. The molecule has 1 unspecified atom stereocenters. The first kappa shape index (κ1) is 33.0. The van der Waals surface area contributed by atoms with E-state index < -0.39 is 17.2 Å². The zero-order valence-electron chi connectivity index (χ0n) is 28.0. The van der Waals surface area contributed by atoms with Crippen LogP contribution in [0.2, 0.25) is 5.02 Å². The van der Waals surface area contributed by atoms with E-state index in [1.165, 1.54) is 29.2 Å². The van der Waals surface area contributed by atoms with Crippen LogP contribution < -0.4 is 15.4 Å². The largest absolute Gasteiger partial charge is 0.461 e. The van der Waals surface area contributed by atoms with Gasteiger partial charge in [-0.25, -0.2) is 13.6 Å². The van der Waals surface area contributed by atoms with Crippen molar-refractivity contribution in [2.24, 2.45) is 0 Å². The van der Waals surface area contributed by atoms with Crippen molar-refractivity contribution in [1.82, 2.24) is 34.8 Å². The number of hydrogen-bond donors (Lipinski definition) is 1. The molecule has 0 saturated carbocycles. The maximum Gasteiger partial charge on any atom is 0.346 e. The molecule has 5 aromatic rings. The number of fused-ring (bicyclic) bond motifs is 3. The van der Waals surface area contributed by atoms with Crippen molar-refractivity contribution in [3.05, 3.63) is 65.0 Å². The van der Waals surface area contributed by atoms with Gasteiger partial charge in [-0.1, -0.05) is 35.0 Å². The second-order valence-corrected chi connectivity index (χ2v) is 15.7. The number of thiophene rings is 1. The van der Waals surface area contributed by atoms with Crippen LogP contribution in [-0.2, 0) is 0 Å². The van der Waals surface area contributed by atoms with E-state index in [2.05, 4.69) is 37.7 Å². The molecule has 9 rings (SSSR count). The predicted molar refractivity (Wildman–Crippen MR) is 194 cm³/mol. The van der Waals surface area contributed by atoms with Gasteiger partial charge in [0, 0.05) is 42.5 Å². The number of carbonyl (C=O) groups is 1. The molecular formula is C36H33ClF2N10O2S. The van der Waals surface area contributed by atoms with E-state index in [0.717, 1.165) is 68.5 Å². The fraction of sp³-hybridized carbons (Fsp3) is 0.389. The molecule has 4 aliphatic heterocycles. The van der Waals surface area contributed by atoms with Crippen molar-refractivity contribution in [2.75, 3.05) is 50.0 Å². The first-order chi connectivity index (χ1) is 25.1. The first-order valence-electron chi connectivity index (χ1n) is 17.2. The molecule has 7 heterocycles. The minimum Gasteiger partial charge on any atom is -0.461 e. The molecule has 4 aliphatic rings. The number of rotatable bonds is 5. The van der Waals surface area contributed by atoms with Gasteiger partial charge in [-0.15, -0.1) is 16.4 Å². The van der Waals surface area contributed by atoms with Crippen molar-refractivity contribution in [2.45, 2.75) is 49.6 Å². The van der Waals surface area contributed by atoms with Gasteiger partial charge in [-0.05, 0) is 62.8 Å². The van der Waals surface area contributed by atoms with Gasteiger partial charge in [0.2, 0.25) is 0 Å². The average Bonchev–Trinajstić information content (AvgIpc) is 3.92. The summed E-state index contributed by atoms with van der Waals surface area (Å²) in [6, 6.07) is 6.05. The zero-order valence-corrected chi connectivity index (χ0v) is 29.6. The second-order valence-electron chi connectivity index (χ2n) is 14.3. The molecule has 2 aromatic carbocycles. The van der Waals surface area contributed by atoms with Crippen molar-refractivity contribution in [3.8, 4) is 23.2 Å². The Balaban J connectivity index is 1.17. The highest BCUT2D eigenvalue weighted by atomic mass is 35.5. The summed E-state index contributed by atoms with van der Waals surface area (Å²) in [6.07, 6.45) is 8.10. The highest BCUT2D eigenvalue weighted by molar-refractivity contribution is 7.23. The number of nitrogens with zero attached hydrogens (tertiary/aromatic N) is 9. The van der Waals surface area contributed by atoms with Crippen LogP contribution in [0.5, 0.6) is 6.01 Å². The van der Waals surface area contributed by atoms with Crippen LogP contribution in [0.15, 0.2) is 42.7 Å². The van der Waals surface area contributed by atoms with E-state index in [-0.39, 0.29) is 59.9 Å². The fourth-order valence-electron chi connectivity index (χ4n) is 8.86. The van der Waals surface area contributed by atoms with Crippen LogP contribution in [0.25, 0.3) is 32.1 Å². The molecule has 1 amide bonds. The average molecular weight is 743 g/mol. The van der Waals surface area contributed by atoms with Crippen LogP contribution in [0.3, 0.4) is 0 Å². The monoisotopic (exact) mass is 742 g/mol. The molecule has 4 saturated heterocycles. The Bertz CT molecular complexity index is 2360. The van der Waals surface area contributed by atoms with Gasteiger partial charge in [0.15, 0.2) is 5.82 Å². The van der Waals surface area contributed by atoms with Crippen molar-refractivity contribution < 1.29 is 18.3 Å². The molecule has 4 fully saturated rings. The number of piperidine rings is 1. The minimum absolute atomic E-state index is 0.0129. The molecule has 12 nitrogen and oxygen atoms in total. The van der Waals surface area contributed by atoms with Gasteiger partial charge in [0.1, 0.15) is 34.8 Å². The number of anilines is 2. The lowest BCUT2D eigenvalue weighted by atomic mass is 9.78. The number of nitriles is 1. The second kappa shape index (κ2) is 12.1. The van der Waals surface area contributed by atoms with Crippen LogP contribution in [0.1, 0.15) is 44.1 Å². The van der Waals surface area contributed by atoms with Gasteiger partial charge in [-0.2, -0.15) is 19.9 Å². The van der Waals surface area contributed by atoms with Crippen LogP contribution in [0.4, 0.5) is 24.4 Å². The Morgan fingerprint density at radius 2 is 2.02 bits per heavy atom. The molecule has 0 radical (unpaired) electrons. The lowest BCUT2D eigenvalue weighted by Crippen LogP contribution is -2.69. The van der Waals surface area contributed by atoms with E-state index in [4.69, 9.17) is 27.1 Å². The summed E-state index contributed by atoms with van der Waals surface area (Å²) in [5.41, 5.74) is 6.77. The van der Waals surface area contributed by atoms with Gasteiger partial charge in [-0.3, -0.25) is 4.90 Å². The molecule has 0 bridgehead atoms. The lowest BCUT2D eigenvalue weighted by molar-refractivity contribution is 0.0116. The van der Waals surface area contributed by atoms with Crippen molar-refractivity contribution >= 4 is 60.8 Å². The van der Waals surface area contributed by atoms with Crippen LogP contribution in [0, 0.1) is 23.0 Å². The molecule has 52 heavy (non-hydrogen) atoms. The highest BCUT2D eigenvalue weighted by Crippen LogP contribution is 2.47. The number of hydrogen-bond acceptors (Lipinski definition) is 11. The number of halogens is 3. The van der Waals surface area contributed by atoms with E-state index in [0.29, 0.717) is 37.4 Å². The number of amides is 1. The van der Waals surface area contributed by atoms with Crippen molar-refractivity contribution in [3.63, 3.8) is 0 Å². The molecule has 16 heteroatoms. The minimum atomic E-state index is -0.758. The number of likely N-dealkylation sites (tertiary alicyclic amines) is 1. The Kier molecular flexibility index (Phi) is 7.65. The number of aromatic nitrogens is 5. The van der Waals surface area contributed by atoms with E-state index in [1.807, 2.05) is 4.90 Å². The first-order valence-corrected chi connectivity index (χ1v) is 18.4. The molecule has 1 spiro atoms. The van der Waals surface area contributed by atoms with Gasteiger partial charge < -0.3 is 20.3 Å². The topological polar surface area (TPSA) is 142 Å². The SMILES string of the molecule is C=C1CN2CCC[C@@]2(COc2nc(N3CCCC4(CCN4C(=O)n4ccnn4)C3)c3cc(Cl)c(-c4ccc(F)c5sc(N)c(C#N)c45)c(F)c3n2)C1. The summed E-state index contributed by atoms with van der Waals surface area (Å²) in [5, 5.41) is 18.4. The highest BCUT2D eigenvalue weighted by Gasteiger charge is 2.51. The maximum atomic E-state index is 17.2. The summed E-state index contributed by atoms with van der Waals surface area (Å²) < 4.78 is 40.0. The van der Waals surface area contributed by atoms with Crippen LogP contribution in [-0.4, -0.2) is 91.2 Å². The standard InChI is InChI=1S/C36H33ClF2N10O2S/c1-20-15-36(7-3-11-47(36)17-20)19-51-33-43-29-22(14-24(37)27(28(29)39)21-4-5-25(38)30-26(21)23(16-40)31(41)52-30)32(44-33)46-10-2-6-35(18-46)8-12-48(35)34(50)49-13-9-42-45-49/h4-5,9,13-14H,1-3,6-8,10-12,15,17-19,41H2/t35?,36-/m0/s1.